The van der Waals surface area contributed by atoms with Crippen molar-refractivity contribution in [1.82, 2.24) is 0 Å². The molecule has 154 valence electrons. The number of hydrogen-bond acceptors (Lipinski definition) is 2. The fraction of sp³-hybridized carbons (Fsp3) is 0.0741. The maximum atomic E-state index is 5.28. The molecule has 0 spiro atoms. The molecule has 0 amide bonds. The van der Waals surface area contributed by atoms with Crippen LogP contribution in [-0.2, 0) is 0 Å². The predicted octanol–water partition coefficient (Wildman–Crippen LogP) is 5.60. The molecule has 0 heterocycles. The van der Waals surface area contributed by atoms with Gasteiger partial charge in [-0.05, 0) is 36.8 Å². The number of hydrogen-bond donors (Lipinski definition) is 0. The Morgan fingerprint density at radius 1 is 0.613 bits per heavy atom. The molecule has 0 aliphatic rings. The molecular formula is C27H25N2OP. The SMILES string of the molecule is COc1ccc(/C(C)=N/N=P(c2ccccc2)(c2ccccc2)c2ccccc2)cc1. The van der Waals surface area contributed by atoms with Gasteiger partial charge in [0.05, 0.1) is 19.9 Å². The molecule has 0 fully saturated rings. The number of benzene rings is 4. The normalized spacial score (nSPS) is 11.7. The number of methoxy groups -OCH3 is 1. The van der Waals surface area contributed by atoms with Gasteiger partial charge in [-0.3, -0.25) is 0 Å². The van der Waals surface area contributed by atoms with E-state index in [4.69, 9.17) is 14.7 Å². The summed E-state index contributed by atoms with van der Waals surface area (Å²) in [7, 11) is -0.660. The molecule has 4 rings (SSSR count). The van der Waals surface area contributed by atoms with E-state index in [0.29, 0.717) is 0 Å². The lowest BCUT2D eigenvalue weighted by Crippen LogP contribution is -2.25. The van der Waals surface area contributed by atoms with E-state index in [-0.39, 0.29) is 0 Å². The van der Waals surface area contributed by atoms with E-state index in [1.165, 1.54) is 15.9 Å². The number of ether oxygens (including phenoxy) is 1. The van der Waals surface area contributed by atoms with E-state index in [1.54, 1.807) is 7.11 Å². The maximum absolute atomic E-state index is 5.28. The van der Waals surface area contributed by atoms with Gasteiger partial charge in [0.15, 0.2) is 0 Å². The molecule has 0 bridgehead atoms. The predicted molar refractivity (Wildman–Crippen MR) is 133 cm³/mol. The highest BCUT2D eigenvalue weighted by molar-refractivity contribution is 7.87. The first-order valence-electron chi connectivity index (χ1n) is 10.2. The topological polar surface area (TPSA) is 34.0 Å². The quantitative estimate of drug-likeness (QED) is 0.225. The molecule has 4 aromatic carbocycles. The number of rotatable bonds is 6. The van der Waals surface area contributed by atoms with Crippen LogP contribution in [0.1, 0.15) is 12.5 Å². The first-order valence-corrected chi connectivity index (χ1v) is 12.0. The van der Waals surface area contributed by atoms with Crippen molar-refractivity contribution in [1.29, 1.82) is 0 Å². The standard InChI is InChI=1S/C27H25N2OP/c1-22(23-18-20-24(30-2)21-19-23)28-29-31(25-12-6-3-7-13-25,26-14-8-4-9-15-26)27-16-10-5-11-17-27/h3-21H,1-2H3/b28-22+. The second-order valence-corrected chi connectivity index (χ2v) is 10.1. The Labute approximate surface area is 184 Å². The minimum atomic E-state index is -2.33. The lowest BCUT2D eigenvalue weighted by Gasteiger charge is -2.25. The average molecular weight is 424 g/mol. The largest absolute Gasteiger partial charge is 0.497 e. The van der Waals surface area contributed by atoms with Crippen LogP contribution in [0.2, 0.25) is 0 Å². The molecule has 0 saturated carbocycles. The van der Waals surface area contributed by atoms with Crippen LogP contribution in [0.25, 0.3) is 0 Å². The average Bonchev–Trinajstić information content (AvgIpc) is 2.86. The summed E-state index contributed by atoms with van der Waals surface area (Å²) in [5.74, 6) is 0.827. The van der Waals surface area contributed by atoms with Crippen molar-refractivity contribution in [2.45, 2.75) is 6.92 Å². The second kappa shape index (κ2) is 9.59. The van der Waals surface area contributed by atoms with Crippen LogP contribution in [0.15, 0.2) is 125 Å². The summed E-state index contributed by atoms with van der Waals surface area (Å²) in [6, 6.07) is 39.5. The molecule has 0 aliphatic heterocycles. The molecule has 0 aliphatic carbocycles. The highest BCUT2D eigenvalue weighted by atomic mass is 31.2. The molecular weight excluding hydrogens is 399 g/mol. The minimum Gasteiger partial charge on any atom is -0.497 e. The van der Waals surface area contributed by atoms with Crippen molar-refractivity contribution in [3.05, 3.63) is 121 Å². The smallest absolute Gasteiger partial charge is 0.118 e. The van der Waals surface area contributed by atoms with E-state index in [1.807, 2.05) is 49.4 Å². The Balaban J connectivity index is 1.97. The van der Waals surface area contributed by atoms with Crippen molar-refractivity contribution < 1.29 is 4.74 Å². The molecule has 0 saturated heterocycles. The summed E-state index contributed by atoms with van der Waals surface area (Å²) in [6.45, 7) is 2.00. The Morgan fingerprint density at radius 2 is 1.03 bits per heavy atom. The van der Waals surface area contributed by atoms with Crippen LogP contribution < -0.4 is 20.7 Å². The minimum absolute atomic E-state index is 0.827. The lowest BCUT2D eigenvalue weighted by molar-refractivity contribution is 0.415. The highest BCUT2D eigenvalue weighted by Crippen LogP contribution is 2.46. The van der Waals surface area contributed by atoms with Crippen LogP contribution in [0.5, 0.6) is 5.75 Å². The Kier molecular flexibility index (Phi) is 6.45. The molecule has 3 nitrogen and oxygen atoms in total. The van der Waals surface area contributed by atoms with Gasteiger partial charge in [0.25, 0.3) is 0 Å². The Hall–Kier alpha value is -3.42. The van der Waals surface area contributed by atoms with Gasteiger partial charge in [-0.25, -0.2) is 0 Å². The molecule has 4 aromatic rings. The molecule has 0 unspecified atom stereocenters. The van der Waals surface area contributed by atoms with Crippen LogP contribution >= 0.6 is 7.05 Å². The summed E-state index contributed by atoms with van der Waals surface area (Å²) in [5.41, 5.74) is 1.90. The van der Waals surface area contributed by atoms with Crippen molar-refractivity contribution >= 4 is 28.7 Å². The van der Waals surface area contributed by atoms with Gasteiger partial charge < -0.3 is 4.74 Å². The zero-order chi connectivity index (χ0) is 21.5. The van der Waals surface area contributed by atoms with Crippen LogP contribution in [0, 0.1) is 0 Å². The van der Waals surface area contributed by atoms with Gasteiger partial charge >= 0.3 is 0 Å². The van der Waals surface area contributed by atoms with Gasteiger partial charge in [-0.2, -0.15) is 9.96 Å². The molecule has 0 aromatic heterocycles. The zero-order valence-electron chi connectivity index (χ0n) is 17.7. The van der Waals surface area contributed by atoms with Crippen molar-refractivity contribution in [2.75, 3.05) is 7.11 Å². The molecule has 0 N–H and O–H groups in total. The Bertz CT molecular complexity index is 1100. The maximum Gasteiger partial charge on any atom is 0.118 e. The monoisotopic (exact) mass is 424 g/mol. The molecule has 4 heteroatoms. The fourth-order valence-corrected chi connectivity index (χ4v) is 6.84. The van der Waals surface area contributed by atoms with E-state index < -0.39 is 7.05 Å². The third-order valence-corrected chi connectivity index (χ3v) is 8.72. The first-order chi connectivity index (χ1) is 15.2. The summed E-state index contributed by atoms with van der Waals surface area (Å²) in [5, 5.41) is 8.34. The zero-order valence-corrected chi connectivity index (χ0v) is 18.6. The summed E-state index contributed by atoms with van der Waals surface area (Å²) < 4.78 is 5.28. The highest BCUT2D eigenvalue weighted by Gasteiger charge is 2.27. The van der Waals surface area contributed by atoms with Gasteiger partial charge in [0.1, 0.15) is 5.75 Å². The first kappa shape index (κ1) is 20.8. The summed E-state index contributed by atoms with van der Waals surface area (Å²) in [6.07, 6.45) is 0. The Morgan fingerprint density at radius 3 is 1.42 bits per heavy atom. The van der Waals surface area contributed by atoms with E-state index in [9.17, 15) is 0 Å². The van der Waals surface area contributed by atoms with Gasteiger partial charge in [0, 0.05) is 15.9 Å². The van der Waals surface area contributed by atoms with Crippen LogP contribution in [0.3, 0.4) is 0 Å². The van der Waals surface area contributed by atoms with Crippen LogP contribution in [0.4, 0.5) is 0 Å². The summed E-state index contributed by atoms with van der Waals surface area (Å²) >= 11 is 0. The van der Waals surface area contributed by atoms with Crippen LogP contribution in [-0.4, -0.2) is 12.8 Å². The van der Waals surface area contributed by atoms with Gasteiger partial charge in [-0.15, -0.1) is 0 Å². The van der Waals surface area contributed by atoms with E-state index in [2.05, 4.69) is 72.8 Å². The third-order valence-electron chi connectivity index (χ3n) is 5.23. The van der Waals surface area contributed by atoms with Gasteiger partial charge in [0.2, 0.25) is 0 Å². The van der Waals surface area contributed by atoms with E-state index >= 15 is 0 Å². The van der Waals surface area contributed by atoms with Crippen molar-refractivity contribution in [3.63, 3.8) is 0 Å². The van der Waals surface area contributed by atoms with E-state index in [0.717, 1.165) is 17.0 Å². The molecule has 31 heavy (non-hydrogen) atoms. The summed E-state index contributed by atoms with van der Waals surface area (Å²) in [4.78, 5) is 5.15. The van der Waals surface area contributed by atoms with Crippen molar-refractivity contribution in [2.24, 2.45) is 9.96 Å². The molecule has 0 radical (unpaired) electrons. The molecule has 0 atom stereocenters. The lowest BCUT2D eigenvalue weighted by atomic mass is 10.1. The third kappa shape index (κ3) is 4.38. The van der Waals surface area contributed by atoms with Crippen molar-refractivity contribution in [3.8, 4) is 5.75 Å². The second-order valence-electron chi connectivity index (χ2n) is 7.15. The van der Waals surface area contributed by atoms with Gasteiger partial charge in [-0.1, -0.05) is 91.0 Å². The number of nitrogens with zero attached hydrogens (tertiary/aromatic N) is 2. The fourth-order valence-electron chi connectivity index (χ4n) is 3.56.